The molecule has 1 aliphatic heterocycles. The van der Waals surface area contributed by atoms with Crippen molar-refractivity contribution >= 4 is 28.7 Å². The molecule has 0 atom stereocenters. The summed E-state index contributed by atoms with van der Waals surface area (Å²) >= 11 is 1.77. The largest absolute Gasteiger partial charge is 0.393 e. The van der Waals surface area contributed by atoms with Crippen LogP contribution in [0.4, 0.5) is 17.3 Å². The molecule has 2 aromatic rings. The number of rotatable bonds is 6. The third-order valence-electron chi connectivity index (χ3n) is 4.23. The second kappa shape index (κ2) is 7.61. The predicted molar refractivity (Wildman–Crippen MR) is 97.3 cm³/mol. The molecule has 0 bridgehead atoms. The van der Waals surface area contributed by atoms with Crippen molar-refractivity contribution in [3.8, 4) is 0 Å². The van der Waals surface area contributed by atoms with Gasteiger partial charge in [0.05, 0.1) is 0 Å². The maximum absolute atomic E-state index is 6.30. The maximum Gasteiger partial charge on any atom is 0.157 e. The Morgan fingerprint density at radius 1 is 1.26 bits per heavy atom. The summed E-state index contributed by atoms with van der Waals surface area (Å²) < 4.78 is 0. The van der Waals surface area contributed by atoms with E-state index in [-0.39, 0.29) is 0 Å². The van der Waals surface area contributed by atoms with Crippen molar-refractivity contribution in [1.82, 2.24) is 14.9 Å². The molecule has 3 heterocycles. The normalized spacial score (nSPS) is 15.8. The molecule has 0 spiro atoms. The molecular weight excluding hydrogens is 308 g/mol. The summed E-state index contributed by atoms with van der Waals surface area (Å²) in [7, 11) is 0. The number of nitrogens with zero attached hydrogens (tertiary/aromatic N) is 4. The Hall–Kier alpha value is -1.86. The number of nitrogen functional groups attached to an aromatic ring is 1. The Morgan fingerprint density at radius 2 is 2.09 bits per heavy atom. The number of piperazine rings is 1. The highest BCUT2D eigenvalue weighted by Gasteiger charge is 2.20. The van der Waals surface area contributed by atoms with Crippen LogP contribution in [0.5, 0.6) is 0 Å². The van der Waals surface area contributed by atoms with Gasteiger partial charge in [-0.15, -0.1) is 11.3 Å². The molecule has 23 heavy (non-hydrogen) atoms. The van der Waals surface area contributed by atoms with Crippen LogP contribution < -0.4 is 16.0 Å². The lowest BCUT2D eigenvalue weighted by Gasteiger charge is -2.35. The average Bonchev–Trinajstić information content (AvgIpc) is 3.10. The van der Waals surface area contributed by atoms with E-state index in [1.807, 2.05) is 0 Å². The number of aromatic nitrogens is 2. The smallest absolute Gasteiger partial charge is 0.157 e. The minimum absolute atomic E-state index is 0.656. The van der Waals surface area contributed by atoms with Gasteiger partial charge in [-0.25, -0.2) is 9.97 Å². The van der Waals surface area contributed by atoms with E-state index in [1.54, 1.807) is 17.7 Å². The molecule has 0 unspecified atom stereocenters. The first-order valence-electron chi connectivity index (χ1n) is 8.12. The van der Waals surface area contributed by atoms with Crippen LogP contribution >= 0.6 is 11.3 Å². The van der Waals surface area contributed by atoms with Crippen LogP contribution in [0.3, 0.4) is 0 Å². The Labute approximate surface area is 141 Å². The molecule has 3 N–H and O–H groups in total. The van der Waals surface area contributed by atoms with E-state index in [1.165, 1.54) is 4.88 Å². The standard InChI is InChI=1S/C16H24N6S/c1-2-21-7-9-22(10-8-21)16-14(17)15(19-12-20-16)18-6-5-13-4-3-11-23-13/h3-4,11-12H,2,5-10,17H2,1H3,(H,18,19,20). The van der Waals surface area contributed by atoms with Crippen molar-refractivity contribution in [2.45, 2.75) is 13.3 Å². The maximum atomic E-state index is 6.30. The van der Waals surface area contributed by atoms with Gasteiger partial charge in [-0.05, 0) is 24.4 Å². The van der Waals surface area contributed by atoms with Crippen LogP contribution in [0.25, 0.3) is 0 Å². The van der Waals surface area contributed by atoms with Gasteiger partial charge in [-0.2, -0.15) is 0 Å². The van der Waals surface area contributed by atoms with Crippen LogP contribution in [-0.2, 0) is 6.42 Å². The summed E-state index contributed by atoms with van der Waals surface area (Å²) in [5, 5.41) is 5.44. The lowest BCUT2D eigenvalue weighted by atomic mass is 10.3. The minimum Gasteiger partial charge on any atom is -0.393 e. The van der Waals surface area contributed by atoms with Crippen LogP contribution in [0.1, 0.15) is 11.8 Å². The second-order valence-electron chi connectivity index (χ2n) is 5.64. The van der Waals surface area contributed by atoms with Crippen molar-refractivity contribution in [2.24, 2.45) is 0 Å². The third-order valence-corrected chi connectivity index (χ3v) is 5.16. The van der Waals surface area contributed by atoms with Crippen molar-refractivity contribution < 1.29 is 0 Å². The van der Waals surface area contributed by atoms with Gasteiger partial charge < -0.3 is 20.9 Å². The van der Waals surface area contributed by atoms with E-state index in [0.29, 0.717) is 5.69 Å². The molecular formula is C16H24N6S. The Morgan fingerprint density at radius 3 is 2.78 bits per heavy atom. The highest BCUT2D eigenvalue weighted by Crippen LogP contribution is 2.26. The molecule has 0 radical (unpaired) electrons. The third kappa shape index (κ3) is 3.92. The lowest BCUT2D eigenvalue weighted by Crippen LogP contribution is -2.46. The summed E-state index contributed by atoms with van der Waals surface area (Å²) in [4.78, 5) is 14.8. The molecule has 3 rings (SSSR count). The van der Waals surface area contributed by atoms with E-state index in [9.17, 15) is 0 Å². The number of nitrogens with one attached hydrogen (secondary N) is 1. The van der Waals surface area contributed by atoms with Gasteiger partial charge >= 0.3 is 0 Å². The zero-order valence-electron chi connectivity index (χ0n) is 13.5. The fraction of sp³-hybridized carbons (Fsp3) is 0.500. The molecule has 1 saturated heterocycles. The first-order valence-corrected chi connectivity index (χ1v) is 9.00. The number of nitrogens with two attached hydrogens (primary N) is 1. The number of hydrogen-bond donors (Lipinski definition) is 2. The lowest BCUT2D eigenvalue weighted by molar-refractivity contribution is 0.270. The Kier molecular flexibility index (Phi) is 5.30. The Balaban J connectivity index is 1.61. The first-order chi connectivity index (χ1) is 11.3. The quantitative estimate of drug-likeness (QED) is 0.842. The summed E-state index contributed by atoms with van der Waals surface area (Å²) in [5.41, 5.74) is 6.96. The molecule has 1 fully saturated rings. The Bertz CT molecular complexity index is 607. The number of hydrogen-bond acceptors (Lipinski definition) is 7. The van der Waals surface area contributed by atoms with Gasteiger partial charge in [0.25, 0.3) is 0 Å². The summed E-state index contributed by atoms with van der Waals surface area (Å²) in [6, 6.07) is 4.22. The monoisotopic (exact) mass is 332 g/mol. The average molecular weight is 332 g/mol. The molecule has 0 amide bonds. The summed E-state index contributed by atoms with van der Waals surface area (Å²) in [5.74, 6) is 1.60. The molecule has 2 aromatic heterocycles. The predicted octanol–water partition coefficient (Wildman–Crippen LogP) is 1.92. The van der Waals surface area contributed by atoms with E-state index in [2.05, 4.69) is 49.5 Å². The van der Waals surface area contributed by atoms with Crippen LogP contribution in [0.2, 0.25) is 0 Å². The number of thiophene rings is 1. The minimum atomic E-state index is 0.656. The SMILES string of the molecule is CCN1CCN(c2ncnc(NCCc3cccs3)c2N)CC1. The zero-order chi connectivity index (χ0) is 16.1. The first kappa shape index (κ1) is 16.0. The highest BCUT2D eigenvalue weighted by atomic mass is 32.1. The highest BCUT2D eigenvalue weighted by molar-refractivity contribution is 7.09. The van der Waals surface area contributed by atoms with Gasteiger partial charge in [-0.3, -0.25) is 0 Å². The van der Waals surface area contributed by atoms with Gasteiger partial charge in [0, 0.05) is 37.6 Å². The molecule has 0 saturated carbocycles. The van der Waals surface area contributed by atoms with Gasteiger partial charge in [-0.1, -0.05) is 13.0 Å². The molecule has 7 heteroatoms. The number of likely N-dealkylation sites (N-methyl/N-ethyl adjacent to an activating group) is 1. The van der Waals surface area contributed by atoms with E-state index < -0.39 is 0 Å². The van der Waals surface area contributed by atoms with Crippen molar-refractivity contribution in [1.29, 1.82) is 0 Å². The second-order valence-corrected chi connectivity index (χ2v) is 6.67. The molecule has 1 aliphatic rings. The summed E-state index contributed by atoms with van der Waals surface area (Å²) in [6.07, 6.45) is 2.58. The van der Waals surface area contributed by atoms with E-state index >= 15 is 0 Å². The van der Waals surface area contributed by atoms with Crippen molar-refractivity contribution in [2.75, 3.05) is 55.2 Å². The number of anilines is 3. The van der Waals surface area contributed by atoms with Gasteiger partial charge in [0.15, 0.2) is 11.6 Å². The molecule has 0 aromatic carbocycles. The van der Waals surface area contributed by atoms with E-state index in [4.69, 9.17) is 5.73 Å². The molecule has 6 nitrogen and oxygen atoms in total. The van der Waals surface area contributed by atoms with Crippen molar-refractivity contribution in [3.05, 3.63) is 28.7 Å². The summed E-state index contributed by atoms with van der Waals surface area (Å²) in [6.45, 7) is 8.16. The van der Waals surface area contributed by atoms with Crippen LogP contribution in [0, 0.1) is 0 Å². The van der Waals surface area contributed by atoms with Gasteiger partial charge in [0.1, 0.15) is 12.0 Å². The van der Waals surface area contributed by atoms with E-state index in [0.717, 1.165) is 57.3 Å². The molecule has 0 aliphatic carbocycles. The van der Waals surface area contributed by atoms with Gasteiger partial charge in [0.2, 0.25) is 0 Å². The van der Waals surface area contributed by atoms with Crippen LogP contribution in [0.15, 0.2) is 23.8 Å². The molecule has 124 valence electrons. The van der Waals surface area contributed by atoms with Crippen molar-refractivity contribution in [3.63, 3.8) is 0 Å². The fourth-order valence-corrected chi connectivity index (χ4v) is 3.52. The topological polar surface area (TPSA) is 70.3 Å². The fourth-order valence-electron chi connectivity index (χ4n) is 2.81. The van der Waals surface area contributed by atoms with Crippen LogP contribution in [-0.4, -0.2) is 54.1 Å². The zero-order valence-corrected chi connectivity index (χ0v) is 14.4.